The third-order valence-corrected chi connectivity index (χ3v) is 6.04. The maximum atomic E-state index is 13.9. The monoisotopic (exact) mass is 415 g/mol. The Kier molecular flexibility index (Phi) is 5.73. The summed E-state index contributed by atoms with van der Waals surface area (Å²) in [6.45, 7) is 1.55. The number of β-amino-alcohol motifs (C(OH)–C–C–N with tert-alkyl or cyclic N) is 1. The number of aliphatic hydroxyl groups excluding tert-OH is 1. The molecule has 2 aliphatic rings. The van der Waals surface area contributed by atoms with Crippen molar-refractivity contribution < 1.29 is 24.1 Å². The fourth-order valence-electron chi connectivity index (χ4n) is 4.16. The van der Waals surface area contributed by atoms with Crippen LogP contribution in [0, 0.1) is 5.95 Å². The van der Waals surface area contributed by atoms with Gasteiger partial charge in [0.1, 0.15) is 5.60 Å². The summed E-state index contributed by atoms with van der Waals surface area (Å²) < 4.78 is 18.8. The third-order valence-electron chi connectivity index (χ3n) is 6.04. The molecule has 4 rings (SSSR count). The number of halogens is 1. The van der Waals surface area contributed by atoms with Crippen molar-refractivity contribution in [3.8, 4) is 5.75 Å². The van der Waals surface area contributed by atoms with Gasteiger partial charge in [0.15, 0.2) is 5.75 Å². The van der Waals surface area contributed by atoms with Gasteiger partial charge in [0.05, 0.1) is 18.9 Å². The van der Waals surface area contributed by atoms with Crippen molar-refractivity contribution >= 4 is 11.6 Å². The highest BCUT2D eigenvalue weighted by Crippen LogP contribution is 2.34. The van der Waals surface area contributed by atoms with Crippen LogP contribution in [0.4, 0.5) is 10.1 Å². The maximum absolute atomic E-state index is 13.9. The number of rotatable bonds is 5. The molecule has 2 aromatic rings. The molecular formula is C22H26FN3O4. The molecule has 2 aliphatic heterocycles. The van der Waals surface area contributed by atoms with Gasteiger partial charge in [-0.2, -0.15) is 4.39 Å². The van der Waals surface area contributed by atoms with Crippen LogP contribution >= 0.6 is 0 Å². The molecule has 0 aliphatic carbocycles. The number of likely N-dealkylation sites (tertiary alicyclic amines) is 1. The van der Waals surface area contributed by atoms with Gasteiger partial charge in [-0.15, -0.1) is 0 Å². The molecule has 160 valence electrons. The largest absolute Gasteiger partial charge is 0.492 e. The van der Waals surface area contributed by atoms with Crippen LogP contribution in [0.5, 0.6) is 5.75 Å². The Morgan fingerprint density at radius 2 is 2.03 bits per heavy atom. The minimum Gasteiger partial charge on any atom is -0.492 e. The number of fused-ring (bicyclic) bond motifs is 1. The number of pyridine rings is 1. The van der Waals surface area contributed by atoms with Gasteiger partial charge in [-0.25, -0.2) is 4.98 Å². The zero-order chi connectivity index (χ0) is 21.3. The van der Waals surface area contributed by atoms with Crippen LogP contribution in [0.1, 0.15) is 42.2 Å². The van der Waals surface area contributed by atoms with Crippen molar-refractivity contribution in [2.45, 2.75) is 37.4 Å². The van der Waals surface area contributed by atoms with Crippen molar-refractivity contribution in [1.82, 2.24) is 9.88 Å². The highest BCUT2D eigenvalue weighted by molar-refractivity contribution is 5.93. The zero-order valence-electron chi connectivity index (χ0n) is 16.9. The number of piperidine rings is 1. The second kappa shape index (κ2) is 8.29. The summed E-state index contributed by atoms with van der Waals surface area (Å²) in [6, 6.07) is 8.69. The lowest BCUT2D eigenvalue weighted by molar-refractivity contribution is -0.116. The van der Waals surface area contributed by atoms with Gasteiger partial charge in [-0.05, 0) is 48.6 Å². The highest BCUT2D eigenvalue weighted by Gasteiger charge is 2.36. The molecule has 0 saturated carbocycles. The minimum atomic E-state index is -1.20. The number of benzene rings is 1. The first kappa shape index (κ1) is 20.7. The summed E-state index contributed by atoms with van der Waals surface area (Å²) in [5.41, 5.74) is 1.76. The molecule has 0 bridgehead atoms. The van der Waals surface area contributed by atoms with Gasteiger partial charge in [0, 0.05) is 31.7 Å². The van der Waals surface area contributed by atoms with Gasteiger partial charge in [-0.1, -0.05) is 12.1 Å². The van der Waals surface area contributed by atoms with E-state index in [0.29, 0.717) is 51.0 Å². The van der Waals surface area contributed by atoms with Crippen molar-refractivity contribution in [2.24, 2.45) is 0 Å². The summed E-state index contributed by atoms with van der Waals surface area (Å²) >= 11 is 0. The molecule has 1 atom stereocenters. The van der Waals surface area contributed by atoms with Crippen molar-refractivity contribution in [2.75, 3.05) is 32.1 Å². The fraction of sp³-hybridized carbons (Fsp3) is 0.455. The van der Waals surface area contributed by atoms with E-state index >= 15 is 0 Å². The zero-order valence-corrected chi connectivity index (χ0v) is 16.9. The van der Waals surface area contributed by atoms with E-state index in [1.165, 1.54) is 13.2 Å². The number of nitrogens with one attached hydrogen (secondary N) is 1. The summed E-state index contributed by atoms with van der Waals surface area (Å²) in [6.07, 6.45) is 1.25. The van der Waals surface area contributed by atoms with Crippen molar-refractivity contribution in [1.29, 1.82) is 0 Å². The van der Waals surface area contributed by atoms with Crippen LogP contribution < -0.4 is 10.1 Å². The Bertz CT molecular complexity index is 944. The second-order valence-electron chi connectivity index (χ2n) is 8.00. The van der Waals surface area contributed by atoms with Gasteiger partial charge < -0.3 is 25.2 Å². The van der Waals surface area contributed by atoms with Gasteiger partial charge >= 0.3 is 0 Å². The minimum absolute atomic E-state index is 0.0165. The molecule has 0 spiro atoms. The number of ether oxygens (including phenoxy) is 1. The number of carbonyl (C=O) groups is 1. The van der Waals surface area contributed by atoms with Crippen LogP contribution in [0.15, 0.2) is 30.3 Å². The lowest BCUT2D eigenvalue weighted by Crippen LogP contribution is -2.44. The number of amides is 1. The van der Waals surface area contributed by atoms with E-state index in [0.717, 1.165) is 16.8 Å². The highest BCUT2D eigenvalue weighted by atomic mass is 19.1. The quantitative estimate of drug-likeness (QED) is 0.648. The Hall–Kier alpha value is -2.55. The second-order valence-corrected chi connectivity index (χ2v) is 8.00. The number of carbonyl (C=O) groups excluding carboxylic acids is 1. The molecule has 1 unspecified atom stereocenters. The molecule has 3 heterocycles. The van der Waals surface area contributed by atoms with Crippen LogP contribution in [-0.2, 0) is 16.8 Å². The summed E-state index contributed by atoms with van der Waals surface area (Å²) in [7, 11) is 1.37. The Labute approximate surface area is 174 Å². The predicted molar refractivity (Wildman–Crippen MR) is 109 cm³/mol. The normalized spacial score (nSPS) is 19.7. The molecule has 3 N–H and O–H groups in total. The molecular weight excluding hydrogens is 389 g/mol. The molecule has 0 radical (unpaired) electrons. The van der Waals surface area contributed by atoms with Crippen LogP contribution in [0.25, 0.3) is 0 Å². The Morgan fingerprint density at radius 3 is 2.73 bits per heavy atom. The molecule has 8 heteroatoms. The summed E-state index contributed by atoms with van der Waals surface area (Å²) in [4.78, 5) is 17.5. The third kappa shape index (κ3) is 4.16. The van der Waals surface area contributed by atoms with Crippen LogP contribution in [-0.4, -0.2) is 52.7 Å². The van der Waals surface area contributed by atoms with E-state index in [-0.39, 0.29) is 11.7 Å². The van der Waals surface area contributed by atoms with Gasteiger partial charge in [0.2, 0.25) is 5.91 Å². The molecule has 1 aromatic heterocycles. The van der Waals surface area contributed by atoms with Gasteiger partial charge in [-0.3, -0.25) is 4.79 Å². The number of hydrogen-bond acceptors (Lipinski definition) is 6. The molecule has 1 aromatic carbocycles. The number of hydrogen-bond donors (Lipinski definition) is 3. The van der Waals surface area contributed by atoms with E-state index in [1.807, 2.05) is 18.2 Å². The first-order valence-corrected chi connectivity index (χ1v) is 10.1. The first-order chi connectivity index (χ1) is 14.4. The number of aromatic nitrogens is 1. The molecule has 30 heavy (non-hydrogen) atoms. The van der Waals surface area contributed by atoms with Crippen molar-refractivity contribution in [3.05, 3.63) is 53.1 Å². The number of methoxy groups -OCH3 is 1. The lowest BCUT2D eigenvalue weighted by atomic mass is 9.87. The smallest absolute Gasteiger partial charge is 0.255 e. The van der Waals surface area contributed by atoms with Crippen LogP contribution in [0.2, 0.25) is 0 Å². The average Bonchev–Trinajstić information content (AvgIpc) is 2.75. The van der Waals surface area contributed by atoms with E-state index in [4.69, 9.17) is 4.74 Å². The number of aliphatic hydroxyl groups is 2. The summed E-state index contributed by atoms with van der Waals surface area (Å²) in [5, 5.41) is 24.5. The van der Waals surface area contributed by atoms with E-state index in [2.05, 4.69) is 15.2 Å². The fourth-order valence-corrected chi connectivity index (χ4v) is 4.16. The Morgan fingerprint density at radius 1 is 1.27 bits per heavy atom. The molecule has 7 nitrogen and oxygen atoms in total. The van der Waals surface area contributed by atoms with E-state index < -0.39 is 17.7 Å². The number of anilines is 1. The van der Waals surface area contributed by atoms with E-state index in [1.54, 1.807) is 6.07 Å². The molecule has 1 saturated heterocycles. The molecule has 1 amide bonds. The topological polar surface area (TPSA) is 94.9 Å². The van der Waals surface area contributed by atoms with Crippen LogP contribution in [0.3, 0.4) is 0 Å². The average molecular weight is 415 g/mol. The maximum Gasteiger partial charge on any atom is 0.255 e. The lowest BCUT2D eigenvalue weighted by Gasteiger charge is -2.38. The molecule has 1 fully saturated rings. The number of aryl methyl sites for hydroxylation is 1. The van der Waals surface area contributed by atoms with Crippen molar-refractivity contribution in [3.63, 3.8) is 0 Å². The standard InChI is InChI=1S/C22H26FN3O4/c1-30-18-5-6-19(25-21(18)23)22(29)8-10-26(11-9-22)13-17(27)15-2-4-16-14(12-15)3-7-20(28)24-16/h2,4-6,12,17,27,29H,3,7-11,13H2,1H3,(H,24,28). The SMILES string of the molecule is COc1ccc(C2(O)CCN(CC(O)c3ccc4c(c3)CCC(=O)N4)CC2)nc1F. The van der Waals surface area contributed by atoms with E-state index in [9.17, 15) is 19.4 Å². The predicted octanol–water partition coefficient (Wildman–Crippen LogP) is 2.13. The first-order valence-electron chi connectivity index (χ1n) is 10.1. The number of nitrogens with zero attached hydrogens (tertiary/aromatic N) is 2. The Balaban J connectivity index is 1.37. The summed E-state index contributed by atoms with van der Waals surface area (Å²) in [5.74, 6) is -0.666. The van der Waals surface area contributed by atoms with Gasteiger partial charge in [0.25, 0.3) is 5.95 Å².